The van der Waals surface area contributed by atoms with Crippen molar-refractivity contribution >= 4 is 10.0 Å². The number of hydrogen-bond donors (Lipinski definition) is 1. The third-order valence-corrected chi connectivity index (χ3v) is 4.62. The summed E-state index contributed by atoms with van der Waals surface area (Å²) in [5, 5.41) is 9.04. The fourth-order valence-electron chi connectivity index (χ4n) is 2.53. The summed E-state index contributed by atoms with van der Waals surface area (Å²) in [7, 11) is -3.83. The van der Waals surface area contributed by atoms with Crippen LogP contribution in [0.4, 0.5) is 13.2 Å². The van der Waals surface area contributed by atoms with Crippen LogP contribution in [-0.4, -0.2) is 19.9 Å². The van der Waals surface area contributed by atoms with E-state index in [1.54, 1.807) is 19.1 Å². The number of nitrogens with two attached hydrogens (primary N) is 1. The Morgan fingerprint density at radius 1 is 1.00 bits per heavy atom. The minimum absolute atomic E-state index is 0.0458. The van der Waals surface area contributed by atoms with Crippen LogP contribution in [0.2, 0.25) is 0 Å². The van der Waals surface area contributed by atoms with Gasteiger partial charge >= 0.3 is 6.36 Å². The Hall–Kier alpha value is -2.85. The number of hydrogen-bond acceptors (Lipinski definition) is 5. The number of aromatic nitrogens is 1. The Balaban J connectivity index is 1.98. The second-order valence-electron chi connectivity index (χ2n) is 5.60. The van der Waals surface area contributed by atoms with E-state index in [1.165, 1.54) is 36.4 Å². The van der Waals surface area contributed by atoms with E-state index in [-0.39, 0.29) is 10.6 Å². The lowest BCUT2D eigenvalue weighted by Crippen LogP contribution is -2.16. The van der Waals surface area contributed by atoms with Crippen LogP contribution in [0.5, 0.6) is 5.75 Å². The van der Waals surface area contributed by atoms with E-state index in [1.807, 2.05) is 0 Å². The molecule has 0 atom stereocenters. The molecule has 0 unspecified atom stereocenters. The van der Waals surface area contributed by atoms with Gasteiger partial charge in [0.05, 0.1) is 10.5 Å². The van der Waals surface area contributed by atoms with Crippen LogP contribution in [0, 0.1) is 6.92 Å². The molecule has 0 fully saturated rings. The molecule has 1 aromatic heterocycles. The number of nitrogens with zero attached hydrogens (tertiary/aromatic N) is 1. The Labute approximate surface area is 152 Å². The van der Waals surface area contributed by atoms with Gasteiger partial charge in [0, 0.05) is 5.56 Å². The first kappa shape index (κ1) is 18.9. The summed E-state index contributed by atoms with van der Waals surface area (Å²) in [6.07, 6.45) is -4.78. The van der Waals surface area contributed by atoms with Crippen molar-refractivity contribution in [2.24, 2.45) is 5.14 Å². The third kappa shape index (κ3) is 4.29. The number of sulfonamides is 1. The number of alkyl halides is 3. The zero-order valence-electron chi connectivity index (χ0n) is 13.8. The minimum atomic E-state index is -4.78. The van der Waals surface area contributed by atoms with Gasteiger partial charge in [0.25, 0.3) is 0 Å². The second-order valence-corrected chi connectivity index (χ2v) is 7.17. The molecular weight excluding hydrogens is 385 g/mol. The maximum Gasteiger partial charge on any atom is 0.573 e. The number of primary sulfonamides is 1. The summed E-state index contributed by atoms with van der Waals surface area (Å²) >= 11 is 0. The van der Waals surface area contributed by atoms with Crippen molar-refractivity contribution in [3.05, 3.63) is 54.3 Å². The molecule has 27 heavy (non-hydrogen) atoms. The first-order valence-corrected chi connectivity index (χ1v) is 9.05. The van der Waals surface area contributed by atoms with Gasteiger partial charge in [-0.25, -0.2) is 13.6 Å². The Morgan fingerprint density at radius 2 is 1.56 bits per heavy atom. The Bertz CT molecular complexity index is 1060. The predicted octanol–water partition coefficient (Wildman–Crippen LogP) is 3.86. The van der Waals surface area contributed by atoms with Crippen LogP contribution in [0.15, 0.2) is 57.9 Å². The number of ether oxygens (including phenoxy) is 1. The zero-order valence-corrected chi connectivity index (χ0v) is 14.6. The highest BCUT2D eigenvalue weighted by molar-refractivity contribution is 7.89. The maximum absolute atomic E-state index is 12.3. The molecule has 0 aliphatic heterocycles. The SMILES string of the molecule is Cc1onc(-c2ccc(OC(F)(F)F)cc2)c1-c1ccc(S(N)(=O)=O)cc1. The summed E-state index contributed by atoms with van der Waals surface area (Å²) in [6.45, 7) is 1.67. The van der Waals surface area contributed by atoms with Crippen LogP contribution in [0.25, 0.3) is 22.4 Å². The highest BCUT2D eigenvalue weighted by Gasteiger charge is 2.31. The van der Waals surface area contributed by atoms with Gasteiger partial charge in [0.15, 0.2) is 0 Å². The predicted molar refractivity (Wildman–Crippen MR) is 90.2 cm³/mol. The van der Waals surface area contributed by atoms with Gasteiger partial charge in [0.2, 0.25) is 10.0 Å². The van der Waals surface area contributed by atoms with Crippen LogP contribution in [0.1, 0.15) is 5.76 Å². The summed E-state index contributed by atoms with van der Waals surface area (Å²) in [5.41, 5.74) is 2.11. The normalized spacial score (nSPS) is 12.2. The van der Waals surface area contributed by atoms with E-state index < -0.39 is 16.4 Å². The summed E-state index contributed by atoms with van der Waals surface area (Å²) in [6, 6.07) is 11.0. The van der Waals surface area contributed by atoms with Crippen LogP contribution < -0.4 is 9.88 Å². The van der Waals surface area contributed by atoms with Crippen molar-refractivity contribution in [1.82, 2.24) is 5.16 Å². The smallest absolute Gasteiger partial charge is 0.406 e. The fourth-order valence-corrected chi connectivity index (χ4v) is 3.05. The first-order valence-electron chi connectivity index (χ1n) is 7.50. The lowest BCUT2D eigenvalue weighted by molar-refractivity contribution is -0.274. The average Bonchev–Trinajstić information content (AvgIpc) is 2.95. The third-order valence-electron chi connectivity index (χ3n) is 3.70. The van der Waals surface area contributed by atoms with Gasteiger partial charge in [-0.3, -0.25) is 0 Å². The van der Waals surface area contributed by atoms with Crippen molar-refractivity contribution in [3.63, 3.8) is 0 Å². The first-order chi connectivity index (χ1) is 12.5. The van der Waals surface area contributed by atoms with E-state index in [0.29, 0.717) is 28.1 Å². The molecule has 0 amide bonds. The van der Waals surface area contributed by atoms with E-state index >= 15 is 0 Å². The second kappa shape index (κ2) is 6.71. The quantitative estimate of drug-likeness (QED) is 0.720. The summed E-state index contributed by atoms with van der Waals surface area (Å²) < 4.78 is 68.6. The summed E-state index contributed by atoms with van der Waals surface area (Å²) in [4.78, 5) is -0.0458. The molecule has 0 aliphatic rings. The van der Waals surface area contributed by atoms with Gasteiger partial charge in [0.1, 0.15) is 17.2 Å². The van der Waals surface area contributed by atoms with Crippen molar-refractivity contribution in [3.8, 4) is 28.1 Å². The molecule has 0 saturated carbocycles. The van der Waals surface area contributed by atoms with Crippen molar-refractivity contribution in [2.75, 3.05) is 0 Å². The average molecular weight is 398 g/mol. The van der Waals surface area contributed by atoms with Crippen molar-refractivity contribution in [1.29, 1.82) is 0 Å². The molecule has 6 nitrogen and oxygen atoms in total. The molecule has 0 radical (unpaired) electrons. The van der Waals surface area contributed by atoms with Gasteiger partial charge in [-0.15, -0.1) is 13.2 Å². The molecule has 0 bridgehead atoms. The number of rotatable bonds is 4. The fraction of sp³-hybridized carbons (Fsp3) is 0.118. The monoisotopic (exact) mass is 398 g/mol. The van der Waals surface area contributed by atoms with Gasteiger partial charge in [-0.1, -0.05) is 17.3 Å². The number of aryl methyl sites for hydroxylation is 1. The molecule has 3 aromatic rings. The Morgan fingerprint density at radius 3 is 2.07 bits per heavy atom. The standard InChI is InChI=1S/C17H13F3N2O4S/c1-10-15(11-4-8-14(9-5-11)27(21,23)24)16(22-26-10)12-2-6-13(7-3-12)25-17(18,19)20/h2-9H,1H3,(H2,21,23,24). The minimum Gasteiger partial charge on any atom is -0.406 e. The van der Waals surface area contributed by atoms with Gasteiger partial charge < -0.3 is 9.26 Å². The molecular formula is C17H13F3N2O4S. The van der Waals surface area contributed by atoms with Gasteiger partial charge in [-0.05, 0) is 48.9 Å². The molecule has 0 aliphatic carbocycles. The molecule has 0 spiro atoms. The van der Waals surface area contributed by atoms with Crippen molar-refractivity contribution in [2.45, 2.75) is 18.2 Å². The molecule has 0 saturated heterocycles. The van der Waals surface area contributed by atoms with E-state index in [9.17, 15) is 21.6 Å². The van der Waals surface area contributed by atoms with E-state index in [2.05, 4.69) is 9.89 Å². The van der Waals surface area contributed by atoms with Gasteiger partial charge in [-0.2, -0.15) is 0 Å². The van der Waals surface area contributed by atoms with Crippen LogP contribution >= 0.6 is 0 Å². The Kier molecular flexibility index (Phi) is 4.70. The number of halogens is 3. The molecule has 10 heteroatoms. The largest absolute Gasteiger partial charge is 0.573 e. The lowest BCUT2D eigenvalue weighted by atomic mass is 9.99. The van der Waals surface area contributed by atoms with Crippen molar-refractivity contribution < 1.29 is 30.8 Å². The molecule has 1 heterocycles. The van der Waals surface area contributed by atoms with Crippen LogP contribution in [-0.2, 0) is 10.0 Å². The number of benzene rings is 2. The maximum atomic E-state index is 12.3. The summed E-state index contributed by atoms with van der Waals surface area (Å²) in [5.74, 6) is 0.106. The van der Waals surface area contributed by atoms with E-state index in [0.717, 1.165) is 0 Å². The molecule has 2 aromatic carbocycles. The lowest BCUT2D eigenvalue weighted by Gasteiger charge is -2.09. The van der Waals surface area contributed by atoms with E-state index in [4.69, 9.17) is 9.66 Å². The molecule has 3 rings (SSSR count). The highest BCUT2D eigenvalue weighted by atomic mass is 32.2. The topological polar surface area (TPSA) is 95.4 Å². The highest BCUT2D eigenvalue weighted by Crippen LogP contribution is 2.35. The molecule has 2 N–H and O–H groups in total. The molecule has 142 valence electrons. The van der Waals surface area contributed by atoms with Crippen LogP contribution in [0.3, 0.4) is 0 Å². The zero-order chi connectivity index (χ0) is 19.8.